The molecule has 1 aromatic rings. The van der Waals surface area contributed by atoms with Gasteiger partial charge in [0, 0.05) is 25.7 Å². The maximum Gasteiger partial charge on any atom is 0.123 e. The minimum atomic E-state index is -0.139. The number of halogens is 1. The summed E-state index contributed by atoms with van der Waals surface area (Å²) >= 11 is 0. The molecule has 2 nitrogen and oxygen atoms in total. The molecule has 22 heavy (non-hydrogen) atoms. The van der Waals surface area contributed by atoms with E-state index in [1.165, 1.54) is 63.8 Å². The maximum atomic E-state index is 13.0. The van der Waals surface area contributed by atoms with E-state index in [-0.39, 0.29) is 5.82 Å². The van der Waals surface area contributed by atoms with Crippen molar-refractivity contribution in [2.75, 3.05) is 26.2 Å². The predicted molar refractivity (Wildman–Crippen MR) is 89.3 cm³/mol. The first kappa shape index (κ1) is 15.9. The quantitative estimate of drug-likeness (QED) is 0.832. The second-order valence-corrected chi connectivity index (χ2v) is 7.21. The molecule has 122 valence electrons. The van der Waals surface area contributed by atoms with E-state index in [0.29, 0.717) is 0 Å². The second-order valence-electron chi connectivity index (χ2n) is 7.21. The van der Waals surface area contributed by atoms with Crippen molar-refractivity contribution in [3.8, 4) is 0 Å². The third-order valence-electron chi connectivity index (χ3n) is 5.36. The Hall–Kier alpha value is -0.930. The van der Waals surface area contributed by atoms with E-state index < -0.39 is 0 Å². The summed E-state index contributed by atoms with van der Waals surface area (Å²) in [6.07, 6.45) is 6.80. The van der Waals surface area contributed by atoms with Crippen molar-refractivity contribution < 1.29 is 4.39 Å². The molecule has 0 bridgehead atoms. The first-order chi connectivity index (χ1) is 10.7. The van der Waals surface area contributed by atoms with Crippen LogP contribution in [0.4, 0.5) is 4.39 Å². The molecule has 0 amide bonds. The van der Waals surface area contributed by atoms with Gasteiger partial charge in [-0.3, -0.25) is 4.90 Å². The number of rotatable bonds is 4. The van der Waals surface area contributed by atoms with Crippen LogP contribution >= 0.6 is 0 Å². The van der Waals surface area contributed by atoms with Crippen molar-refractivity contribution in [3.05, 3.63) is 35.6 Å². The van der Waals surface area contributed by atoms with Crippen LogP contribution in [0.15, 0.2) is 24.3 Å². The Labute approximate surface area is 134 Å². The topological polar surface area (TPSA) is 6.48 Å². The van der Waals surface area contributed by atoms with Gasteiger partial charge in [-0.2, -0.15) is 0 Å². The SMILES string of the molecule is CC1CCCCN1CC1CCCN(Cc2ccc(F)cc2)C1. The Morgan fingerprint density at radius 1 is 1.05 bits per heavy atom. The Balaban J connectivity index is 1.51. The summed E-state index contributed by atoms with van der Waals surface area (Å²) in [5.41, 5.74) is 1.23. The molecule has 1 aromatic carbocycles. The van der Waals surface area contributed by atoms with Gasteiger partial charge < -0.3 is 4.90 Å². The summed E-state index contributed by atoms with van der Waals surface area (Å²) < 4.78 is 13.0. The van der Waals surface area contributed by atoms with Crippen LogP contribution in [0.3, 0.4) is 0 Å². The van der Waals surface area contributed by atoms with Crippen LogP contribution in [0.5, 0.6) is 0 Å². The lowest BCUT2D eigenvalue weighted by Crippen LogP contribution is -2.45. The van der Waals surface area contributed by atoms with Gasteiger partial charge in [-0.25, -0.2) is 4.39 Å². The monoisotopic (exact) mass is 304 g/mol. The van der Waals surface area contributed by atoms with Gasteiger partial charge in [0.25, 0.3) is 0 Å². The number of nitrogens with zero attached hydrogens (tertiary/aromatic N) is 2. The molecule has 0 spiro atoms. The number of hydrogen-bond acceptors (Lipinski definition) is 2. The fraction of sp³-hybridized carbons (Fsp3) is 0.684. The highest BCUT2D eigenvalue weighted by Gasteiger charge is 2.25. The van der Waals surface area contributed by atoms with Gasteiger partial charge in [-0.15, -0.1) is 0 Å². The average molecular weight is 304 g/mol. The van der Waals surface area contributed by atoms with E-state index in [4.69, 9.17) is 0 Å². The number of likely N-dealkylation sites (tertiary alicyclic amines) is 2. The minimum Gasteiger partial charge on any atom is -0.300 e. The van der Waals surface area contributed by atoms with Gasteiger partial charge in [-0.05, 0) is 69.3 Å². The van der Waals surface area contributed by atoms with E-state index in [9.17, 15) is 4.39 Å². The highest BCUT2D eigenvalue weighted by atomic mass is 19.1. The molecule has 3 heteroatoms. The van der Waals surface area contributed by atoms with Crippen molar-refractivity contribution in [3.63, 3.8) is 0 Å². The van der Waals surface area contributed by atoms with Crippen LogP contribution in [0.2, 0.25) is 0 Å². The van der Waals surface area contributed by atoms with Crippen molar-refractivity contribution in [2.24, 2.45) is 5.92 Å². The molecular weight excluding hydrogens is 275 g/mol. The molecule has 0 radical (unpaired) electrons. The van der Waals surface area contributed by atoms with Gasteiger partial charge in [0.2, 0.25) is 0 Å². The summed E-state index contributed by atoms with van der Waals surface area (Å²) in [6, 6.07) is 7.76. The Bertz CT molecular complexity index is 459. The largest absolute Gasteiger partial charge is 0.300 e. The second kappa shape index (κ2) is 7.56. The fourth-order valence-electron chi connectivity index (χ4n) is 4.05. The summed E-state index contributed by atoms with van der Waals surface area (Å²) in [7, 11) is 0. The Morgan fingerprint density at radius 3 is 2.64 bits per heavy atom. The third-order valence-corrected chi connectivity index (χ3v) is 5.36. The zero-order valence-corrected chi connectivity index (χ0v) is 13.8. The highest BCUT2D eigenvalue weighted by Crippen LogP contribution is 2.23. The van der Waals surface area contributed by atoms with Crippen molar-refractivity contribution >= 4 is 0 Å². The molecule has 2 unspecified atom stereocenters. The lowest BCUT2D eigenvalue weighted by Gasteiger charge is -2.39. The molecule has 0 aromatic heterocycles. The van der Waals surface area contributed by atoms with Crippen LogP contribution in [-0.2, 0) is 6.54 Å². The van der Waals surface area contributed by atoms with Crippen LogP contribution < -0.4 is 0 Å². The molecule has 0 N–H and O–H groups in total. The third kappa shape index (κ3) is 4.30. The molecule has 2 fully saturated rings. The normalized spacial score (nSPS) is 27.9. The molecule has 2 heterocycles. The lowest BCUT2D eigenvalue weighted by atomic mass is 9.94. The summed E-state index contributed by atoms with van der Waals surface area (Å²) in [4.78, 5) is 5.26. The average Bonchev–Trinajstić information content (AvgIpc) is 2.52. The van der Waals surface area contributed by atoms with Gasteiger partial charge in [-0.1, -0.05) is 18.6 Å². The Morgan fingerprint density at radius 2 is 1.86 bits per heavy atom. The van der Waals surface area contributed by atoms with Crippen molar-refractivity contribution in [1.29, 1.82) is 0 Å². The predicted octanol–water partition coefficient (Wildman–Crippen LogP) is 3.91. The smallest absolute Gasteiger partial charge is 0.123 e. The number of piperidine rings is 2. The summed E-state index contributed by atoms with van der Waals surface area (Å²) in [5, 5.41) is 0. The van der Waals surface area contributed by atoms with Gasteiger partial charge >= 0.3 is 0 Å². The van der Waals surface area contributed by atoms with E-state index in [0.717, 1.165) is 18.5 Å². The molecular formula is C19H29FN2. The fourth-order valence-corrected chi connectivity index (χ4v) is 4.05. The van der Waals surface area contributed by atoms with Crippen molar-refractivity contribution in [1.82, 2.24) is 9.80 Å². The zero-order chi connectivity index (χ0) is 15.4. The molecule has 2 saturated heterocycles. The van der Waals surface area contributed by atoms with E-state index in [1.54, 1.807) is 12.1 Å². The van der Waals surface area contributed by atoms with E-state index in [2.05, 4.69) is 16.7 Å². The van der Waals surface area contributed by atoms with Crippen LogP contribution in [-0.4, -0.2) is 42.0 Å². The van der Waals surface area contributed by atoms with Gasteiger partial charge in [0.05, 0.1) is 0 Å². The molecule has 3 rings (SSSR count). The molecule has 2 aliphatic heterocycles. The van der Waals surface area contributed by atoms with E-state index in [1.807, 2.05) is 12.1 Å². The van der Waals surface area contributed by atoms with E-state index >= 15 is 0 Å². The zero-order valence-electron chi connectivity index (χ0n) is 13.8. The lowest BCUT2D eigenvalue weighted by molar-refractivity contribution is 0.0912. The van der Waals surface area contributed by atoms with Crippen LogP contribution in [0.1, 0.15) is 44.6 Å². The maximum absolute atomic E-state index is 13.0. The summed E-state index contributed by atoms with van der Waals surface area (Å²) in [6.45, 7) is 8.28. The van der Waals surface area contributed by atoms with Crippen LogP contribution in [0.25, 0.3) is 0 Å². The molecule has 2 aliphatic rings. The van der Waals surface area contributed by atoms with Crippen LogP contribution in [0, 0.1) is 11.7 Å². The van der Waals surface area contributed by atoms with Gasteiger partial charge in [0.15, 0.2) is 0 Å². The molecule has 0 saturated carbocycles. The van der Waals surface area contributed by atoms with Gasteiger partial charge in [0.1, 0.15) is 5.82 Å². The standard InChI is InChI=1S/C19H29FN2/c1-16-5-2-3-12-22(16)15-18-6-4-11-21(14-18)13-17-7-9-19(20)10-8-17/h7-10,16,18H,2-6,11-15H2,1H3. The molecule has 2 atom stereocenters. The Kier molecular flexibility index (Phi) is 5.48. The highest BCUT2D eigenvalue weighted by molar-refractivity contribution is 5.16. The number of hydrogen-bond donors (Lipinski definition) is 0. The molecule has 0 aliphatic carbocycles. The first-order valence-electron chi connectivity index (χ1n) is 8.91. The minimum absolute atomic E-state index is 0.139. The number of benzene rings is 1. The summed E-state index contributed by atoms with van der Waals surface area (Å²) in [5.74, 6) is 0.661. The van der Waals surface area contributed by atoms with Crippen molar-refractivity contribution in [2.45, 2.75) is 51.6 Å². The first-order valence-corrected chi connectivity index (χ1v) is 8.91.